The number of aliphatic carboxylic acids is 1. The first-order chi connectivity index (χ1) is 16.4. The third kappa shape index (κ3) is 3.85. The van der Waals surface area contributed by atoms with Crippen molar-refractivity contribution in [3.63, 3.8) is 0 Å². The number of aromatic nitrogens is 3. The minimum Gasteiger partial charge on any atom is -0.494 e. The minimum absolute atomic E-state index is 0.0543. The summed E-state index contributed by atoms with van der Waals surface area (Å²) in [6, 6.07) is 12.8. The highest BCUT2D eigenvalue weighted by molar-refractivity contribution is 5.95. The van der Waals surface area contributed by atoms with E-state index in [-0.39, 0.29) is 24.6 Å². The van der Waals surface area contributed by atoms with Gasteiger partial charge in [0, 0.05) is 36.4 Å². The van der Waals surface area contributed by atoms with Crippen LogP contribution in [0.25, 0.3) is 22.3 Å². The van der Waals surface area contributed by atoms with Crippen LogP contribution in [0.15, 0.2) is 60.9 Å². The molecule has 4 heterocycles. The maximum atomic E-state index is 14.4. The molecule has 1 aliphatic heterocycles. The lowest BCUT2D eigenvalue weighted by Crippen LogP contribution is -2.43. The molecule has 0 fully saturated rings. The summed E-state index contributed by atoms with van der Waals surface area (Å²) in [6.07, 6.45) is 3.19. The molecule has 9 heteroatoms. The van der Waals surface area contributed by atoms with Crippen LogP contribution in [0.1, 0.15) is 28.5 Å². The van der Waals surface area contributed by atoms with Gasteiger partial charge in [0.1, 0.15) is 5.69 Å². The van der Waals surface area contributed by atoms with E-state index in [9.17, 15) is 19.1 Å². The monoisotopic (exact) mass is 460 g/mol. The van der Waals surface area contributed by atoms with Crippen LogP contribution >= 0.6 is 0 Å². The first-order valence-electron chi connectivity index (χ1n) is 10.7. The van der Waals surface area contributed by atoms with Crippen molar-refractivity contribution in [2.24, 2.45) is 0 Å². The van der Waals surface area contributed by atoms with Crippen molar-refractivity contribution in [3.8, 4) is 17.0 Å². The molecule has 0 aliphatic carbocycles. The lowest BCUT2D eigenvalue weighted by molar-refractivity contribution is -0.138. The maximum Gasteiger partial charge on any atom is 0.305 e. The van der Waals surface area contributed by atoms with E-state index in [1.807, 2.05) is 35.0 Å². The van der Waals surface area contributed by atoms with Gasteiger partial charge in [-0.1, -0.05) is 6.07 Å². The van der Waals surface area contributed by atoms with E-state index in [1.54, 1.807) is 18.3 Å². The van der Waals surface area contributed by atoms with E-state index in [0.29, 0.717) is 29.1 Å². The Morgan fingerprint density at radius 2 is 2.06 bits per heavy atom. The Morgan fingerprint density at radius 1 is 1.21 bits per heavy atom. The van der Waals surface area contributed by atoms with Crippen LogP contribution in [0, 0.1) is 5.82 Å². The third-order valence-corrected chi connectivity index (χ3v) is 6.02. The lowest BCUT2D eigenvalue weighted by atomic mass is 10.00. The van der Waals surface area contributed by atoms with Crippen LogP contribution in [0.5, 0.6) is 5.75 Å². The zero-order valence-corrected chi connectivity index (χ0v) is 18.3. The van der Waals surface area contributed by atoms with Crippen LogP contribution in [0.3, 0.4) is 0 Å². The zero-order chi connectivity index (χ0) is 23.8. The Bertz CT molecular complexity index is 1420. The summed E-state index contributed by atoms with van der Waals surface area (Å²) < 4.78 is 21.2. The van der Waals surface area contributed by atoms with Crippen molar-refractivity contribution >= 4 is 22.9 Å². The van der Waals surface area contributed by atoms with Gasteiger partial charge in [-0.25, -0.2) is 14.4 Å². The largest absolute Gasteiger partial charge is 0.494 e. The zero-order valence-electron chi connectivity index (χ0n) is 18.3. The predicted octanol–water partition coefficient (Wildman–Crippen LogP) is 3.92. The second kappa shape index (κ2) is 8.58. The van der Waals surface area contributed by atoms with E-state index in [0.717, 1.165) is 10.9 Å². The molecule has 1 N–H and O–H groups in total. The number of pyridine rings is 2. The summed E-state index contributed by atoms with van der Waals surface area (Å²) in [7, 11) is 1.35. The van der Waals surface area contributed by atoms with Gasteiger partial charge in [0.25, 0.3) is 5.91 Å². The van der Waals surface area contributed by atoms with E-state index < -0.39 is 17.8 Å². The molecule has 0 radical (unpaired) electrons. The van der Waals surface area contributed by atoms with Gasteiger partial charge in [-0.05, 0) is 48.0 Å². The Kier molecular flexibility index (Phi) is 5.45. The minimum atomic E-state index is -1.08. The molecule has 1 aliphatic rings. The van der Waals surface area contributed by atoms with E-state index in [1.165, 1.54) is 24.1 Å². The van der Waals surface area contributed by atoms with Gasteiger partial charge in [-0.15, -0.1) is 0 Å². The molecule has 5 rings (SSSR count). The quantitative estimate of drug-likeness (QED) is 0.469. The van der Waals surface area contributed by atoms with Crippen LogP contribution in [-0.2, 0) is 11.3 Å². The summed E-state index contributed by atoms with van der Waals surface area (Å²) >= 11 is 0. The molecular formula is C25H21FN4O4. The number of hydrogen-bond acceptors (Lipinski definition) is 5. The van der Waals surface area contributed by atoms with Crippen molar-refractivity contribution in [1.29, 1.82) is 0 Å². The molecule has 172 valence electrons. The van der Waals surface area contributed by atoms with Crippen molar-refractivity contribution in [3.05, 3.63) is 78.0 Å². The smallest absolute Gasteiger partial charge is 0.305 e. The van der Waals surface area contributed by atoms with E-state index in [2.05, 4.69) is 9.97 Å². The fraction of sp³-hybridized carbons (Fsp3) is 0.200. The number of halogens is 1. The number of ether oxygens (including phenoxy) is 1. The highest BCUT2D eigenvalue weighted by atomic mass is 19.1. The Hall–Kier alpha value is -4.27. The second-order valence-corrected chi connectivity index (χ2v) is 8.06. The fourth-order valence-electron chi connectivity index (χ4n) is 4.35. The normalized spacial score (nSPS) is 14.2. The molecule has 0 saturated carbocycles. The van der Waals surface area contributed by atoms with Gasteiger partial charge < -0.3 is 19.3 Å². The molecule has 0 saturated heterocycles. The summed E-state index contributed by atoms with van der Waals surface area (Å²) in [5, 5.41) is 10.4. The average Bonchev–Trinajstić information content (AvgIpc) is 3.28. The SMILES string of the molecule is COc1ccc(C(CC(=O)O)N2CCn3cc(-c4ccc5cccnc5n4)cc3C2=O)cc1F. The van der Waals surface area contributed by atoms with E-state index >= 15 is 0 Å². The Labute approximate surface area is 194 Å². The number of hydrogen-bond donors (Lipinski definition) is 1. The molecule has 4 aromatic rings. The number of carbonyl (C=O) groups is 2. The predicted molar refractivity (Wildman–Crippen MR) is 122 cm³/mol. The van der Waals surface area contributed by atoms with Crippen LogP contribution in [0.2, 0.25) is 0 Å². The molecule has 8 nitrogen and oxygen atoms in total. The second-order valence-electron chi connectivity index (χ2n) is 8.06. The summed E-state index contributed by atoms with van der Waals surface area (Å²) in [5.41, 5.74) is 2.89. The molecule has 1 unspecified atom stereocenters. The number of benzene rings is 1. The summed E-state index contributed by atoms with van der Waals surface area (Å²) in [4.78, 5) is 35.4. The molecule has 34 heavy (non-hydrogen) atoms. The van der Waals surface area contributed by atoms with Crippen molar-refractivity contribution in [2.75, 3.05) is 13.7 Å². The molecule has 1 atom stereocenters. The summed E-state index contributed by atoms with van der Waals surface area (Å²) in [6.45, 7) is 0.764. The van der Waals surface area contributed by atoms with Crippen molar-refractivity contribution in [1.82, 2.24) is 19.4 Å². The number of nitrogens with zero attached hydrogens (tertiary/aromatic N) is 4. The van der Waals surface area contributed by atoms with Gasteiger partial charge in [-0.2, -0.15) is 0 Å². The number of amides is 1. The van der Waals surface area contributed by atoms with Gasteiger partial charge in [0.2, 0.25) is 0 Å². The Balaban J connectivity index is 1.49. The van der Waals surface area contributed by atoms with Crippen molar-refractivity contribution < 1.29 is 23.8 Å². The number of carboxylic acids is 1. The number of carboxylic acid groups (broad SMARTS) is 1. The van der Waals surface area contributed by atoms with Crippen LogP contribution < -0.4 is 4.74 Å². The third-order valence-electron chi connectivity index (χ3n) is 6.02. The van der Waals surface area contributed by atoms with Crippen LogP contribution in [0.4, 0.5) is 4.39 Å². The van der Waals surface area contributed by atoms with Crippen molar-refractivity contribution in [2.45, 2.75) is 19.0 Å². The van der Waals surface area contributed by atoms with Gasteiger partial charge in [-0.3, -0.25) is 9.59 Å². The molecule has 0 spiro atoms. The Morgan fingerprint density at radius 3 is 2.82 bits per heavy atom. The molecule has 1 amide bonds. The number of rotatable bonds is 6. The van der Waals surface area contributed by atoms with Gasteiger partial charge >= 0.3 is 5.97 Å². The van der Waals surface area contributed by atoms with Gasteiger partial charge in [0.05, 0.1) is 25.3 Å². The highest BCUT2D eigenvalue weighted by Gasteiger charge is 2.33. The van der Waals surface area contributed by atoms with Gasteiger partial charge in [0.15, 0.2) is 17.2 Å². The lowest BCUT2D eigenvalue weighted by Gasteiger charge is -2.35. The average molecular weight is 460 g/mol. The molecule has 1 aromatic carbocycles. The standard InChI is InChI=1S/C25H21FN4O4/c1-34-22-7-5-16(11-18(22)26)20(13-23(31)32)30-10-9-29-14-17(12-21(29)25(30)33)19-6-4-15-3-2-8-27-24(15)28-19/h2-8,11-12,14,20H,9-10,13H2,1H3,(H,31,32). The number of fused-ring (bicyclic) bond motifs is 2. The fourth-order valence-corrected chi connectivity index (χ4v) is 4.35. The molecule has 0 bridgehead atoms. The highest BCUT2D eigenvalue weighted by Crippen LogP contribution is 2.33. The topological polar surface area (TPSA) is 97.6 Å². The first kappa shape index (κ1) is 21.6. The van der Waals surface area contributed by atoms with E-state index in [4.69, 9.17) is 4.74 Å². The maximum absolute atomic E-state index is 14.4. The van der Waals surface area contributed by atoms with Crippen LogP contribution in [-0.4, -0.2) is 50.1 Å². The first-order valence-corrected chi connectivity index (χ1v) is 10.7. The molecule has 3 aromatic heterocycles. The number of methoxy groups -OCH3 is 1. The summed E-state index contributed by atoms with van der Waals surface area (Å²) in [5.74, 6) is -1.96. The number of carbonyl (C=O) groups excluding carboxylic acids is 1. The molecular weight excluding hydrogens is 439 g/mol.